The lowest BCUT2D eigenvalue weighted by Crippen LogP contribution is -2.06. The first kappa shape index (κ1) is 12.2. The zero-order chi connectivity index (χ0) is 12.4. The normalized spacial score (nSPS) is 10.8. The minimum absolute atomic E-state index is 0.814. The molecule has 0 aliphatic rings. The molecule has 0 bridgehead atoms. The molecule has 17 heavy (non-hydrogen) atoms. The van der Waals surface area contributed by atoms with Gasteiger partial charge >= 0.3 is 0 Å². The second kappa shape index (κ2) is 4.96. The average Bonchev–Trinajstić information content (AvgIpc) is 2.76. The molecule has 0 spiro atoms. The number of aryl methyl sites for hydroxylation is 3. The van der Waals surface area contributed by atoms with Crippen LogP contribution in [0.3, 0.4) is 0 Å². The Balaban J connectivity index is 2.59. The third kappa shape index (κ3) is 2.24. The van der Waals surface area contributed by atoms with E-state index in [9.17, 15) is 0 Å². The first-order valence-electron chi connectivity index (χ1n) is 5.73. The predicted molar refractivity (Wildman–Crippen MR) is 70.3 cm³/mol. The lowest BCUT2D eigenvalue weighted by Gasteiger charge is -2.07. The van der Waals surface area contributed by atoms with Crippen molar-refractivity contribution in [2.24, 2.45) is 0 Å². The minimum atomic E-state index is 0.814. The fraction of sp³-hybridized carbons (Fsp3) is 0.417. The number of halogens is 1. The van der Waals surface area contributed by atoms with Crippen molar-refractivity contribution in [1.29, 1.82) is 0 Å². The van der Waals surface area contributed by atoms with Gasteiger partial charge in [-0.1, -0.05) is 13.8 Å². The number of hydrogen-bond acceptors (Lipinski definition) is 3. The molecule has 0 unspecified atom stereocenters. The summed E-state index contributed by atoms with van der Waals surface area (Å²) in [4.78, 5) is 8.86. The molecule has 2 rings (SSSR count). The average molecular weight is 295 g/mol. The largest absolute Gasteiger partial charge is 0.236 e. The number of pyridine rings is 1. The van der Waals surface area contributed by atoms with Crippen LogP contribution < -0.4 is 0 Å². The molecule has 0 fully saturated rings. The molecule has 2 aromatic rings. The Kier molecular flexibility index (Phi) is 3.57. The van der Waals surface area contributed by atoms with E-state index in [1.165, 1.54) is 0 Å². The molecule has 4 nitrogen and oxygen atoms in total. The number of aromatic nitrogens is 4. The summed E-state index contributed by atoms with van der Waals surface area (Å²) in [6.45, 7) is 6.17. The molecule has 0 saturated heterocycles. The van der Waals surface area contributed by atoms with E-state index >= 15 is 0 Å². The quantitative estimate of drug-likeness (QED) is 0.874. The summed E-state index contributed by atoms with van der Waals surface area (Å²) >= 11 is 3.56. The molecule has 2 aromatic heterocycles. The SMILES string of the molecule is CCc1nc(CC)n(-c2nccc(C)c2Br)n1. The molecule has 0 saturated carbocycles. The molecule has 2 heterocycles. The third-order valence-corrected chi connectivity index (χ3v) is 3.60. The molecule has 0 radical (unpaired) electrons. The number of rotatable bonds is 3. The molecule has 90 valence electrons. The van der Waals surface area contributed by atoms with E-state index in [0.29, 0.717) is 0 Å². The smallest absolute Gasteiger partial charge is 0.170 e. The molecule has 0 atom stereocenters. The molecule has 0 aliphatic carbocycles. The second-order valence-electron chi connectivity index (χ2n) is 3.83. The molecule has 0 aromatic carbocycles. The lowest BCUT2D eigenvalue weighted by atomic mass is 10.3. The van der Waals surface area contributed by atoms with Gasteiger partial charge in [-0.3, -0.25) is 0 Å². The van der Waals surface area contributed by atoms with Crippen molar-refractivity contribution in [1.82, 2.24) is 19.7 Å². The Labute approximate surface area is 109 Å². The van der Waals surface area contributed by atoms with Gasteiger partial charge in [-0.2, -0.15) is 4.68 Å². The zero-order valence-corrected chi connectivity index (χ0v) is 11.8. The Morgan fingerprint density at radius 1 is 1.29 bits per heavy atom. The van der Waals surface area contributed by atoms with Crippen molar-refractivity contribution in [3.8, 4) is 5.82 Å². The highest BCUT2D eigenvalue weighted by atomic mass is 79.9. The maximum absolute atomic E-state index is 4.49. The van der Waals surface area contributed by atoms with Gasteiger partial charge < -0.3 is 0 Å². The van der Waals surface area contributed by atoms with Crippen LogP contribution in [0.15, 0.2) is 16.7 Å². The van der Waals surface area contributed by atoms with Gasteiger partial charge in [-0.15, -0.1) is 5.10 Å². The van der Waals surface area contributed by atoms with Crippen molar-refractivity contribution >= 4 is 15.9 Å². The van der Waals surface area contributed by atoms with Crippen LogP contribution in [0.25, 0.3) is 5.82 Å². The van der Waals surface area contributed by atoms with Crippen LogP contribution in [0.4, 0.5) is 0 Å². The molecular weight excluding hydrogens is 280 g/mol. The topological polar surface area (TPSA) is 43.6 Å². The molecule has 0 aliphatic heterocycles. The molecule has 0 N–H and O–H groups in total. The van der Waals surface area contributed by atoms with Gasteiger partial charge in [0.2, 0.25) is 0 Å². The Bertz CT molecular complexity index is 533. The van der Waals surface area contributed by atoms with E-state index < -0.39 is 0 Å². The second-order valence-corrected chi connectivity index (χ2v) is 4.62. The molecule has 5 heteroatoms. The van der Waals surface area contributed by atoms with Crippen LogP contribution in [0, 0.1) is 6.92 Å². The van der Waals surface area contributed by atoms with Gasteiger partial charge in [0.05, 0.1) is 4.47 Å². The highest BCUT2D eigenvalue weighted by Crippen LogP contribution is 2.23. The van der Waals surface area contributed by atoms with E-state index in [1.54, 1.807) is 6.20 Å². The monoisotopic (exact) mass is 294 g/mol. The van der Waals surface area contributed by atoms with Crippen molar-refractivity contribution in [3.05, 3.63) is 33.9 Å². The standard InChI is InChI=1S/C12H15BrN4/c1-4-9-15-10(5-2)17(16-9)12-11(13)8(3)6-7-14-12/h6-7H,4-5H2,1-3H3. The van der Waals surface area contributed by atoms with Gasteiger partial charge in [0.25, 0.3) is 0 Å². The maximum atomic E-state index is 4.49. The first-order valence-corrected chi connectivity index (χ1v) is 6.53. The van der Waals surface area contributed by atoms with Gasteiger partial charge in [-0.05, 0) is 34.5 Å². The van der Waals surface area contributed by atoms with Gasteiger partial charge in [-0.25, -0.2) is 9.97 Å². The fourth-order valence-corrected chi connectivity index (χ4v) is 2.02. The van der Waals surface area contributed by atoms with Crippen LogP contribution in [0.2, 0.25) is 0 Å². The summed E-state index contributed by atoms with van der Waals surface area (Å²) < 4.78 is 2.80. The highest BCUT2D eigenvalue weighted by molar-refractivity contribution is 9.10. The summed E-state index contributed by atoms with van der Waals surface area (Å²) in [6, 6.07) is 1.97. The molecule has 0 amide bonds. The van der Waals surface area contributed by atoms with E-state index in [-0.39, 0.29) is 0 Å². The summed E-state index contributed by atoms with van der Waals surface area (Å²) in [5.41, 5.74) is 1.14. The summed E-state index contributed by atoms with van der Waals surface area (Å²) in [5, 5.41) is 4.48. The van der Waals surface area contributed by atoms with Crippen molar-refractivity contribution in [2.75, 3.05) is 0 Å². The predicted octanol–water partition coefficient (Wildman–Crippen LogP) is 2.86. The summed E-state index contributed by atoms with van der Waals surface area (Å²) in [5.74, 6) is 2.62. The molecular formula is C12H15BrN4. The van der Waals surface area contributed by atoms with Crippen molar-refractivity contribution in [3.63, 3.8) is 0 Å². The van der Waals surface area contributed by atoms with E-state index in [0.717, 1.165) is 40.3 Å². The fourth-order valence-electron chi connectivity index (χ4n) is 1.61. The summed E-state index contributed by atoms with van der Waals surface area (Å²) in [7, 11) is 0. The van der Waals surface area contributed by atoms with Crippen LogP contribution in [-0.4, -0.2) is 19.7 Å². The Morgan fingerprint density at radius 3 is 2.71 bits per heavy atom. The number of hydrogen-bond donors (Lipinski definition) is 0. The van der Waals surface area contributed by atoms with Gasteiger partial charge in [0.15, 0.2) is 11.6 Å². The van der Waals surface area contributed by atoms with Crippen molar-refractivity contribution in [2.45, 2.75) is 33.6 Å². The van der Waals surface area contributed by atoms with Crippen LogP contribution >= 0.6 is 15.9 Å². The third-order valence-electron chi connectivity index (χ3n) is 2.62. The van der Waals surface area contributed by atoms with Gasteiger partial charge in [0.1, 0.15) is 5.82 Å². The van der Waals surface area contributed by atoms with E-state index in [1.807, 2.05) is 17.7 Å². The minimum Gasteiger partial charge on any atom is -0.236 e. The Hall–Kier alpha value is -1.23. The van der Waals surface area contributed by atoms with Gasteiger partial charge in [0, 0.05) is 19.0 Å². The number of nitrogens with zero attached hydrogens (tertiary/aromatic N) is 4. The lowest BCUT2D eigenvalue weighted by molar-refractivity contribution is 0.764. The first-order chi connectivity index (χ1) is 8.17. The zero-order valence-electron chi connectivity index (χ0n) is 10.2. The van der Waals surface area contributed by atoms with Crippen LogP contribution in [-0.2, 0) is 12.8 Å². The highest BCUT2D eigenvalue weighted by Gasteiger charge is 2.13. The van der Waals surface area contributed by atoms with Crippen molar-refractivity contribution < 1.29 is 0 Å². The van der Waals surface area contributed by atoms with Crippen LogP contribution in [0.5, 0.6) is 0 Å². The van der Waals surface area contributed by atoms with E-state index in [4.69, 9.17) is 0 Å². The van der Waals surface area contributed by atoms with E-state index in [2.05, 4.69) is 44.8 Å². The Morgan fingerprint density at radius 2 is 2.06 bits per heavy atom. The summed E-state index contributed by atoms with van der Waals surface area (Å²) in [6.07, 6.45) is 3.47. The maximum Gasteiger partial charge on any atom is 0.170 e. The van der Waals surface area contributed by atoms with Crippen LogP contribution in [0.1, 0.15) is 31.1 Å².